The number of carbonyl (C=O) groups is 1. The van der Waals surface area contributed by atoms with Crippen LogP contribution in [0.2, 0.25) is 5.02 Å². The first-order valence-corrected chi connectivity index (χ1v) is 8.62. The lowest BCUT2D eigenvalue weighted by atomic mass is 10.1. The first-order chi connectivity index (χ1) is 12.1. The topological polar surface area (TPSA) is 46.9 Å². The molecule has 2 aromatic carbocycles. The first kappa shape index (κ1) is 17.2. The van der Waals surface area contributed by atoms with Crippen LogP contribution < -0.4 is 5.32 Å². The highest BCUT2D eigenvalue weighted by molar-refractivity contribution is 6.32. The van der Waals surface area contributed by atoms with Gasteiger partial charge in [-0.05, 0) is 18.1 Å². The summed E-state index contributed by atoms with van der Waals surface area (Å²) in [7, 11) is 0. The van der Waals surface area contributed by atoms with Gasteiger partial charge >= 0.3 is 0 Å². The smallest absolute Gasteiger partial charge is 0.255 e. The summed E-state index contributed by atoms with van der Waals surface area (Å²) < 4.78 is 1.72. The van der Waals surface area contributed by atoms with E-state index in [2.05, 4.69) is 24.3 Å². The molecule has 5 heteroatoms. The van der Waals surface area contributed by atoms with Gasteiger partial charge in [-0.1, -0.05) is 67.9 Å². The normalized spacial score (nSPS) is 10.9. The number of nitrogens with one attached hydrogen (secondary N) is 1. The zero-order chi connectivity index (χ0) is 17.8. The second-order valence-electron chi connectivity index (χ2n) is 6.24. The fraction of sp³-hybridized carbons (Fsp3) is 0.200. The molecule has 0 atom stereocenters. The van der Waals surface area contributed by atoms with Crippen molar-refractivity contribution in [3.63, 3.8) is 0 Å². The van der Waals surface area contributed by atoms with Gasteiger partial charge in [0, 0.05) is 12.1 Å². The molecule has 4 nitrogen and oxygen atoms in total. The molecule has 0 bridgehead atoms. The Bertz CT molecular complexity index is 872. The molecule has 3 aromatic rings. The maximum Gasteiger partial charge on any atom is 0.255 e. The van der Waals surface area contributed by atoms with E-state index in [1.807, 2.05) is 54.6 Å². The minimum absolute atomic E-state index is 0.133. The highest BCUT2D eigenvalue weighted by atomic mass is 35.5. The van der Waals surface area contributed by atoms with Crippen LogP contribution in [0.3, 0.4) is 0 Å². The Kier molecular flexibility index (Phi) is 5.19. The van der Waals surface area contributed by atoms with E-state index in [9.17, 15) is 4.79 Å². The molecular formula is C20H20ClN3O. The number of hydrogen-bond donors (Lipinski definition) is 1. The Morgan fingerprint density at radius 2 is 1.80 bits per heavy atom. The molecule has 1 heterocycles. The fourth-order valence-corrected chi connectivity index (χ4v) is 2.80. The first-order valence-electron chi connectivity index (χ1n) is 8.24. The lowest BCUT2D eigenvalue weighted by Gasteiger charge is -2.12. The van der Waals surface area contributed by atoms with Crippen molar-refractivity contribution in [2.75, 3.05) is 6.54 Å². The van der Waals surface area contributed by atoms with E-state index < -0.39 is 0 Å². The van der Waals surface area contributed by atoms with Crippen LogP contribution in [0.5, 0.6) is 0 Å². The fourth-order valence-electron chi connectivity index (χ4n) is 2.59. The summed E-state index contributed by atoms with van der Waals surface area (Å²) in [6.07, 6.45) is 1.60. The van der Waals surface area contributed by atoms with Gasteiger partial charge < -0.3 is 5.32 Å². The van der Waals surface area contributed by atoms with Crippen molar-refractivity contribution in [2.45, 2.75) is 13.8 Å². The van der Waals surface area contributed by atoms with Gasteiger partial charge in [0.2, 0.25) is 0 Å². The quantitative estimate of drug-likeness (QED) is 0.729. The van der Waals surface area contributed by atoms with Crippen LogP contribution in [-0.2, 0) is 0 Å². The summed E-state index contributed by atoms with van der Waals surface area (Å²) in [6.45, 7) is 4.74. The van der Waals surface area contributed by atoms with Crippen LogP contribution in [0, 0.1) is 5.92 Å². The molecule has 0 saturated carbocycles. The van der Waals surface area contributed by atoms with Crippen molar-refractivity contribution in [3.05, 3.63) is 71.4 Å². The molecule has 128 valence electrons. The molecule has 0 fully saturated rings. The second-order valence-corrected chi connectivity index (χ2v) is 6.65. The summed E-state index contributed by atoms with van der Waals surface area (Å²) in [5, 5.41) is 7.99. The minimum Gasteiger partial charge on any atom is -0.352 e. The Hall–Kier alpha value is -2.59. The molecule has 3 rings (SSSR count). The van der Waals surface area contributed by atoms with Crippen molar-refractivity contribution in [2.24, 2.45) is 5.92 Å². The number of hydrogen-bond acceptors (Lipinski definition) is 2. The highest BCUT2D eigenvalue weighted by Gasteiger charge is 2.20. The van der Waals surface area contributed by atoms with Gasteiger partial charge in [-0.15, -0.1) is 0 Å². The number of rotatable bonds is 5. The Balaban J connectivity index is 2.11. The summed E-state index contributed by atoms with van der Waals surface area (Å²) in [5.74, 6) is 0.244. The number of carbonyl (C=O) groups excluding carboxylic acids is 1. The highest BCUT2D eigenvalue weighted by Crippen LogP contribution is 2.29. The average molecular weight is 354 g/mol. The van der Waals surface area contributed by atoms with E-state index in [-0.39, 0.29) is 5.91 Å². The summed E-state index contributed by atoms with van der Waals surface area (Å²) in [6, 6.07) is 17.2. The summed E-state index contributed by atoms with van der Waals surface area (Å²) >= 11 is 6.35. The van der Waals surface area contributed by atoms with Gasteiger partial charge in [0.15, 0.2) is 0 Å². The molecule has 0 aliphatic rings. The van der Waals surface area contributed by atoms with Gasteiger partial charge in [0.05, 0.1) is 28.2 Å². The van der Waals surface area contributed by atoms with E-state index in [1.165, 1.54) is 0 Å². The maximum absolute atomic E-state index is 12.7. The molecule has 0 spiro atoms. The van der Waals surface area contributed by atoms with Gasteiger partial charge in [0.25, 0.3) is 5.91 Å². The third-order valence-electron chi connectivity index (χ3n) is 3.81. The molecule has 0 saturated heterocycles. The molecule has 1 N–H and O–H groups in total. The predicted molar refractivity (Wildman–Crippen MR) is 101 cm³/mol. The Morgan fingerprint density at radius 1 is 1.12 bits per heavy atom. The average Bonchev–Trinajstić information content (AvgIpc) is 3.05. The van der Waals surface area contributed by atoms with Crippen molar-refractivity contribution >= 4 is 17.5 Å². The molecule has 1 aromatic heterocycles. The zero-order valence-corrected chi connectivity index (χ0v) is 15.0. The molecule has 0 aliphatic heterocycles. The van der Waals surface area contributed by atoms with Gasteiger partial charge in [-0.3, -0.25) is 4.79 Å². The third kappa shape index (κ3) is 3.74. The van der Waals surface area contributed by atoms with Gasteiger partial charge in [-0.2, -0.15) is 5.10 Å². The summed E-state index contributed by atoms with van der Waals surface area (Å²) in [4.78, 5) is 12.7. The predicted octanol–water partition coefficient (Wildman–Crippen LogP) is 4.58. The Morgan fingerprint density at radius 3 is 2.48 bits per heavy atom. The maximum atomic E-state index is 12.7. The van der Waals surface area contributed by atoms with E-state index >= 15 is 0 Å². The number of aromatic nitrogens is 2. The van der Waals surface area contributed by atoms with E-state index in [4.69, 9.17) is 11.6 Å². The molecular weight excluding hydrogens is 334 g/mol. The van der Waals surface area contributed by atoms with Crippen LogP contribution in [0.15, 0.2) is 60.8 Å². The molecule has 0 radical (unpaired) electrons. The van der Waals surface area contributed by atoms with Crippen molar-refractivity contribution in [1.29, 1.82) is 0 Å². The van der Waals surface area contributed by atoms with Crippen LogP contribution in [-0.4, -0.2) is 22.2 Å². The zero-order valence-electron chi connectivity index (χ0n) is 14.2. The van der Waals surface area contributed by atoms with Crippen LogP contribution in [0.4, 0.5) is 0 Å². The van der Waals surface area contributed by atoms with Crippen LogP contribution >= 0.6 is 11.6 Å². The molecule has 0 aliphatic carbocycles. The van der Waals surface area contributed by atoms with Crippen LogP contribution in [0.25, 0.3) is 16.9 Å². The van der Waals surface area contributed by atoms with E-state index in [0.717, 1.165) is 16.9 Å². The summed E-state index contributed by atoms with van der Waals surface area (Å²) in [5.41, 5.74) is 2.92. The Labute approximate surface area is 152 Å². The van der Waals surface area contributed by atoms with Gasteiger partial charge in [0.1, 0.15) is 0 Å². The third-order valence-corrected chi connectivity index (χ3v) is 4.13. The number of amides is 1. The van der Waals surface area contributed by atoms with Crippen LogP contribution in [0.1, 0.15) is 24.2 Å². The van der Waals surface area contributed by atoms with Crippen molar-refractivity contribution in [1.82, 2.24) is 15.1 Å². The van der Waals surface area contributed by atoms with E-state index in [0.29, 0.717) is 23.0 Å². The lowest BCUT2D eigenvalue weighted by Crippen LogP contribution is -2.27. The second kappa shape index (κ2) is 7.53. The van der Waals surface area contributed by atoms with Gasteiger partial charge in [-0.25, -0.2) is 4.68 Å². The lowest BCUT2D eigenvalue weighted by molar-refractivity contribution is 0.0949. The van der Waals surface area contributed by atoms with E-state index in [1.54, 1.807) is 10.9 Å². The number of benzene rings is 2. The minimum atomic E-state index is -0.133. The SMILES string of the molecule is CC(C)CNC(=O)c1cnn(-c2ccccc2Cl)c1-c1ccccc1. The number of halogens is 1. The van der Waals surface area contributed by atoms with Crippen molar-refractivity contribution < 1.29 is 4.79 Å². The number of para-hydroxylation sites is 1. The standard InChI is InChI=1S/C20H20ClN3O/c1-14(2)12-22-20(25)16-13-23-24(18-11-7-6-10-17(18)21)19(16)15-8-4-3-5-9-15/h3-11,13-14H,12H2,1-2H3,(H,22,25). The monoisotopic (exact) mass is 353 g/mol. The molecule has 25 heavy (non-hydrogen) atoms. The molecule has 0 unspecified atom stereocenters. The largest absolute Gasteiger partial charge is 0.352 e. The number of nitrogens with zero attached hydrogens (tertiary/aromatic N) is 2. The molecule has 1 amide bonds. The van der Waals surface area contributed by atoms with Crippen molar-refractivity contribution in [3.8, 4) is 16.9 Å².